The van der Waals surface area contributed by atoms with E-state index < -0.39 is 12.7 Å². The summed E-state index contributed by atoms with van der Waals surface area (Å²) in [5.74, 6) is 0.979. The lowest BCUT2D eigenvalue weighted by atomic mass is 10.0. The predicted molar refractivity (Wildman–Crippen MR) is 99.5 cm³/mol. The molecule has 0 radical (unpaired) electrons. The van der Waals surface area contributed by atoms with Crippen molar-refractivity contribution in [2.24, 2.45) is 10.9 Å². The Balaban J connectivity index is 1.64. The average Bonchev–Trinajstić information content (AvgIpc) is 3.03. The Kier molecular flexibility index (Phi) is 8.47. The lowest BCUT2D eigenvalue weighted by Crippen LogP contribution is -2.46. The van der Waals surface area contributed by atoms with Crippen LogP contribution in [0, 0.1) is 5.92 Å². The number of halogens is 3. The number of likely N-dealkylation sites (tertiary alicyclic amines) is 2. The van der Waals surface area contributed by atoms with E-state index in [2.05, 4.69) is 27.4 Å². The number of alkyl halides is 3. The van der Waals surface area contributed by atoms with E-state index in [4.69, 9.17) is 0 Å². The van der Waals surface area contributed by atoms with E-state index in [9.17, 15) is 13.2 Å². The van der Waals surface area contributed by atoms with Crippen LogP contribution >= 0.6 is 0 Å². The average molecular weight is 377 g/mol. The summed E-state index contributed by atoms with van der Waals surface area (Å²) in [6.45, 7) is 6.13. The third kappa shape index (κ3) is 7.31. The number of piperidine rings is 1. The number of nitrogens with zero attached hydrogens (tertiary/aromatic N) is 3. The fourth-order valence-corrected chi connectivity index (χ4v) is 4.07. The molecule has 8 heteroatoms. The van der Waals surface area contributed by atoms with Gasteiger partial charge in [0, 0.05) is 39.3 Å². The summed E-state index contributed by atoms with van der Waals surface area (Å²) in [7, 11) is 1.73. The van der Waals surface area contributed by atoms with Crippen molar-refractivity contribution in [3.8, 4) is 0 Å². The molecule has 2 N–H and O–H groups in total. The van der Waals surface area contributed by atoms with E-state index in [-0.39, 0.29) is 5.92 Å². The van der Waals surface area contributed by atoms with E-state index in [0.29, 0.717) is 25.7 Å². The maximum atomic E-state index is 12.5. The molecule has 0 aliphatic carbocycles. The normalized spacial score (nSPS) is 26.3. The van der Waals surface area contributed by atoms with Crippen LogP contribution in [0.15, 0.2) is 4.99 Å². The Bertz CT molecular complexity index is 441. The van der Waals surface area contributed by atoms with Crippen molar-refractivity contribution in [1.82, 2.24) is 20.4 Å². The Labute approximate surface area is 155 Å². The van der Waals surface area contributed by atoms with Gasteiger partial charge in [0.1, 0.15) is 0 Å². The molecule has 2 saturated heterocycles. The molecule has 2 atom stereocenters. The molecule has 5 nitrogen and oxygen atoms in total. The molecular formula is C18H34F3N5. The second-order valence-electron chi connectivity index (χ2n) is 7.48. The lowest BCUT2D eigenvalue weighted by molar-refractivity contribution is -0.143. The standard InChI is InChI=1S/C18H34F3N5/c1-3-16-6-4-5-9-26(16)11-8-23-17(22-2)24-12-15-7-10-25(13-15)14-18(19,20)21/h15-16H,3-14H2,1-2H3,(H2,22,23,24). The first-order chi connectivity index (χ1) is 12.4. The maximum Gasteiger partial charge on any atom is 0.401 e. The van der Waals surface area contributed by atoms with Gasteiger partial charge in [-0.2, -0.15) is 13.2 Å². The molecule has 0 bridgehead atoms. The van der Waals surface area contributed by atoms with Crippen molar-refractivity contribution in [2.75, 3.05) is 52.9 Å². The monoisotopic (exact) mass is 377 g/mol. The fourth-order valence-electron chi connectivity index (χ4n) is 4.07. The minimum Gasteiger partial charge on any atom is -0.356 e. The number of hydrogen-bond acceptors (Lipinski definition) is 3. The maximum absolute atomic E-state index is 12.5. The van der Waals surface area contributed by atoms with Gasteiger partial charge in [0.25, 0.3) is 0 Å². The Hall–Kier alpha value is -1.02. The highest BCUT2D eigenvalue weighted by Crippen LogP contribution is 2.22. The van der Waals surface area contributed by atoms with Crippen LogP contribution in [0.1, 0.15) is 39.0 Å². The minimum atomic E-state index is -4.11. The van der Waals surface area contributed by atoms with E-state index in [1.165, 1.54) is 37.1 Å². The molecule has 2 aliphatic rings. The molecule has 2 aliphatic heterocycles. The fraction of sp³-hybridized carbons (Fsp3) is 0.944. The van der Waals surface area contributed by atoms with Crippen LogP contribution in [0.5, 0.6) is 0 Å². The van der Waals surface area contributed by atoms with Gasteiger partial charge in [-0.3, -0.25) is 14.8 Å². The van der Waals surface area contributed by atoms with Gasteiger partial charge >= 0.3 is 6.18 Å². The van der Waals surface area contributed by atoms with Gasteiger partial charge in [0.05, 0.1) is 6.54 Å². The third-order valence-corrected chi connectivity index (χ3v) is 5.47. The molecular weight excluding hydrogens is 343 g/mol. The molecule has 0 saturated carbocycles. The molecule has 2 rings (SSSR count). The van der Waals surface area contributed by atoms with Gasteiger partial charge in [-0.25, -0.2) is 0 Å². The summed E-state index contributed by atoms with van der Waals surface area (Å²) in [4.78, 5) is 8.27. The smallest absolute Gasteiger partial charge is 0.356 e. The molecule has 0 amide bonds. The first-order valence-corrected chi connectivity index (χ1v) is 9.89. The van der Waals surface area contributed by atoms with Gasteiger partial charge < -0.3 is 10.6 Å². The number of aliphatic imine (C=N–C) groups is 1. The molecule has 0 aromatic rings. The van der Waals surface area contributed by atoms with Gasteiger partial charge in [-0.05, 0) is 44.7 Å². The lowest BCUT2D eigenvalue weighted by Gasteiger charge is -2.35. The van der Waals surface area contributed by atoms with Crippen molar-refractivity contribution in [1.29, 1.82) is 0 Å². The van der Waals surface area contributed by atoms with Crippen LogP contribution in [-0.4, -0.2) is 80.8 Å². The summed E-state index contributed by atoms with van der Waals surface area (Å²) in [5.41, 5.74) is 0. The first-order valence-electron chi connectivity index (χ1n) is 9.89. The molecule has 2 heterocycles. The second-order valence-corrected chi connectivity index (χ2v) is 7.48. The van der Waals surface area contributed by atoms with Crippen LogP contribution in [0.3, 0.4) is 0 Å². The van der Waals surface area contributed by atoms with Gasteiger partial charge in [0.2, 0.25) is 0 Å². The molecule has 152 valence electrons. The summed E-state index contributed by atoms with van der Waals surface area (Å²) in [6, 6.07) is 0.693. The minimum absolute atomic E-state index is 0.238. The Morgan fingerprint density at radius 2 is 1.96 bits per heavy atom. The number of nitrogens with one attached hydrogen (secondary N) is 2. The first kappa shape index (κ1) is 21.3. The number of guanidine groups is 1. The predicted octanol–water partition coefficient (Wildman–Crippen LogP) is 2.30. The molecule has 26 heavy (non-hydrogen) atoms. The van der Waals surface area contributed by atoms with Crippen LogP contribution in [0.4, 0.5) is 13.2 Å². The highest BCUT2D eigenvalue weighted by molar-refractivity contribution is 5.79. The quantitative estimate of drug-likeness (QED) is 0.528. The largest absolute Gasteiger partial charge is 0.401 e. The van der Waals surface area contributed by atoms with Gasteiger partial charge in [0.15, 0.2) is 5.96 Å². The molecule has 0 aromatic carbocycles. The van der Waals surface area contributed by atoms with Crippen molar-refractivity contribution in [3.63, 3.8) is 0 Å². The van der Waals surface area contributed by atoms with E-state index in [1.807, 2.05) is 0 Å². The molecule has 0 aromatic heterocycles. The summed E-state index contributed by atoms with van der Waals surface area (Å²) in [5, 5.41) is 6.61. The molecule has 2 unspecified atom stereocenters. The van der Waals surface area contributed by atoms with Crippen LogP contribution in [0.2, 0.25) is 0 Å². The summed E-state index contributed by atoms with van der Waals surface area (Å²) >= 11 is 0. The zero-order valence-corrected chi connectivity index (χ0v) is 16.1. The second kappa shape index (κ2) is 10.3. The topological polar surface area (TPSA) is 42.9 Å². The zero-order valence-electron chi connectivity index (χ0n) is 16.1. The number of hydrogen-bond donors (Lipinski definition) is 2. The molecule has 0 spiro atoms. The van der Waals surface area contributed by atoms with Crippen molar-refractivity contribution in [2.45, 2.75) is 51.2 Å². The third-order valence-electron chi connectivity index (χ3n) is 5.47. The zero-order chi connectivity index (χ0) is 19.0. The van der Waals surface area contributed by atoms with Crippen molar-refractivity contribution in [3.05, 3.63) is 0 Å². The Morgan fingerprint density at radius 3 is 2.65 bits per heavy atom. The van der Waals surface area contributed by atoms with Gasteiger partial charge in [-0.15, -0.1) is 0 Å². The summed E-state index contributed by atoms with van der Waals surface area (Å²) < 4.78 is 37.4. The number of rotatable bonds is 7. The van der Waals surface area contributed by atoms with Crippen LogP contribution < -0.4 is 10.6 Å². The highest BCUT2D eigenvalue weighted by Gasteiger charge is 2.34. The Morgan fingerprint density at radius 1 is 1.15 bits per heavy atom. The van der Waals surface area contributed by atoms with E-state index in [0.717, 1.165) is 25.5 Å². The van der Waals surface area contributed by atoms with E-state index >= 15 is 0 Å². The van der Waals surface area contributed by atoms with Crippen LogP contribution in [0.25, 0.3) is 0 Å². The molecule has 2 fully saturated rings. The highest BCUT2D eigenvalue weighted by atomic mass is 19.4. The van der Waals surface area contributed by atoms with Crippen LogP contribution in [-0.2, 0) is 0 Å². The summed E-state index contributed by atoms with van der Waals surface area (Å²) in [6.07, 6.45) is 1.79. The van der Waals surface area contributed by atoms with Crippen molar-refractivity contribution < 1.29 is 13.2 Å². The van der Waals surface area contributed by atoms with Gasteiger partial charge in [-0.1, -0.05) is 13.3 Å². The SMILES string of the molecule is CCC1CCCCN1CCNC(=NC)NCC1CCN(CC(F)(F)F)C1. The van der Waals surface area contributed by atoms with E-state index in [1.54, 1.807) is 7.05 Å². The van der Waals surface area contributed by atoms with Crippen molar-refractivity contribution >= 4 is 5.96 Å².